The highest BCUT2D eigenvalue weighted by Crippen LogP contribution is 2.51. The van der Waals surface area contributed by atoms with Crippen molar-refractivity contribution in [3.63, 3.8) is 0 Å². The number of nitrogens with zero attached hydrogens (tertiary/aromatic N) is 2. The first-order chi connectivity index (χ1) is 16.0. The van der Waals surface area contributed by atoms with Crippen LogP contribution in [0.25, 0.3) is 0 Å². The standard InChI is InChI=1S/C27H29F2N3O2/c1-25(2,3)23-15-17-14-20(6-7-21(17)32(23)12-4-11-30)31-24(33)26(9-10-26)19-5-8-22-18(13-19)16-27(28,29)34-22/h5-8,13-14,23H,4,9-10,12,15-16H2,1-3H3,(H,31,33). The molecule has 0 radical (unpaired) electrons. The van der Waals surface area contributed by atoms with Gasteiger partial charge in [-0.2, -0.15) is 14.0 Å². The lowest BCUT2D eigenvalue weighted by atomic mass is 9.84. The molecule has 0 saturated heterocycles. The maximum absolute atomic E-state index is 13.6. The van der Waals surface area contributed by atoms with E-state index in [1.165, 1.54) is 0 Å². The average Bonchev–Trinajstić information content (AvgIpc) is 3.39. The summed E-state index contributed by atoms with van der Waals surface area (Å²) in [5.41, 5.74) is 3.60. The topological polar surface area (TPSA) is 65.4 Å². The lowest BCUT2D eigenvalue weighted by Crippen LogP contribution is -2.42. The molecule has 1 amide bonds. The second-order valence-electron chi connectivity index (χ2n) is 10.8. The number of fused-ring (bicyclic) bond motifs is 2. The van der Waals surface area contributed by atoms with Gasteiger partial charge in [-0.25, -0.2) is 0 Å². The van der Waals surface area contributed by atoms with Crippen LogP contribution in [0.15, 0.2) is 36.4 Å². The lowest BCUT2D eigenvalue weighted by Gasteiger charge is -2.36. The SMILES string of the molecule is CC(C)(C)C1Cc2cc(NC(=O)C3(c4ccc5c(c4)CC(F)(F)O5)CC3)ccc2N1CCC#N. The van der Waals surface area contributed by atoms with E-state index in [9.17, 15) is 13.6 Å². The van der Waals surface area contributed by atoms with Gasteiger partial charge in [-0.1, -0.05) is 32.9 Å². The van der Waals surface area contributed by atoms with Gasteiger partial charge in [-0.3, -0.25) is 4.79 Å². The van der Waals surface area contributed by atoms with Gasteiger partial charge < -0.3 is 15.0 Å². The normalized spacial score (nSPS) is 21.3. The van der Waals surface area contributed by atoms with E-state index in [4.69, 9.17) is 10.00 Å². The summed E-state index contributed by atoms with van der Waals surface area (Å²) in [6, 6.07) is 13.5. The van der Waals surface area contributed by atoms with Crippen molar-refractivity contribution in [1.82, 2.24) is 0 Å². The number of ether oxygens (including phenoxy) is 1. The molecule has 1 fully saturated rings. The number of carbonyl (C=O) groups excluding carboxylic acids is 1. The molecule has 3 aliphatic rings. The van der Waals surface area contributed by atoms with Crippen molar-refractivity contribution < 1.29 is 18.3 Å². The zero-order valence-electron chi connectivity index (χ0n) is 19.8. The van der Waals surface area contributed by atoms with Crippen molar-refractivity contribution in [3.05, 3.63) is 53.1 Å². The van der Waals surface area contributed by atoms with Crippen molar-refractivity contribution in [2.24, 2.45) is 5.41 Å². The molecule has 34 heavy (non-hydrogen) atoms. The van der Waals surface area contributed by atoms with Crippen LogP contribution in [0, 0.1) is 16.7 Å². The molecule has 1 aliphatic carbocycles. The number of alkyl halides is 2. The van der Waals surface area contributed by atoms with Gasteiger partial charge in [-0.15, -0.1) is 0 Å². The zero-order chi connectivity index (χ0) is 24.3. The first-order valence-electron chi connectivity index (χ1n) is 11.8. The fourth-order valence-corrected chi connectivity index (χ4v) is 5.37. The summed E-state index contributed by atoms with van der Waals surface area (Å²) in [7, 11) is 0. The molecule has 0 aromatic heterocycles. The molecule has 7 heteroatoms. The van der Waals surface area contributed by atoms with Gasteiger partial charge in [0, 0.05) is 29.5 Å². The summed E-state index contributed by atoms with van der Waals surface area (Å²) >= 11 is 0. The Kier molecular flexibility index (Phi) is 5.12. The van der Waals surface area contributed by atoms with E-state index in [-0.39, 0.29) is 23.1 Å². The van der Waals surface area contributed by atoms with E-state index >= 15 is 0 Å². The number of anilines is 2. The number of hydrogen-bond donors (Lipinski definition) is 1. The number of rotatable bonds is 5. The minimum absolute atomic E-state index is 0.0457. The van der Waals surface area contributed by atoms with E-state index in [1.807, 2.05) is 18.2 Å². The molecule has 2 heterocycles. The summed E-state index contributed by atoms with van der Waals surface area (Å²) < 4.78 is 31.9. The van der Waals surface area contributed by atoms with Gasteiger partial charge in [0.15, 0.2) is 0 Å². The number of nitrogens with one attached hydrogen (secondary N) is 1. The minimum Gasteiger partial charge on any atom is -0.432 e. The Morgan fingerprint density at radius 2 is 1.97 bits per heavy atom. The van der Waals surface area contributed by atoms with E-state index in [0.29, 0.717) is 31.4 Å². The molecule has 0 spiro atoms. The summed E-state index contributed by atoms with van der Waals surface area (Å²) in [6.07, 6.45) is -0.947. The van der Waals surface area contributed by atoms with Gasteiger partial charge in [0.25, 0.3) is 0 Å². The molecular formula is C27H29F2N3O2. The number of carbonyl (C=O) groups is 1. The van der Waals surface area contributed by atoms with Crippen molar-refractivity contribution in [2.45, 2.75) is 70.4 Å². The second kappa shape index (κ2) is 7.69. The van der Waals surface area contributed by atoms with Gasteiger partial charge in [-0.05, 0) is 60.1 Å². The third kappa shape index (κ3) is 3.89. The Balaban J connectivity index is 1.35. The van der Waals surface area contributed by atoms with E-state index < -0.39 is 17.9 Å². The van der Waals surface area contributed by atoms with Crippen LogP contribution in [0.3, 0.4) is 0 Å². The molecule has 1 N–H and O–H groups in total. The van der Waals surface area contributed by atoms with Crippen LogP contribution < -0.4 is 15.0 Å². The predicted molar refractivity (Wildman–Crippen MR) is 126 cm³/mol. The summed E-state index contributed by atoms with van der Waals surface area (Å²) in [6.45, 7) is 7.31. The third-order valence-corrected chi connectivity index (χ3v) is 7.35. The third-order valence-electron chi connectivity index (χ3n) is 7.35. The molecule has 1 unspecified atom stereocenters. The lowest BCUT2D eigenvalue weighted by molar-refractivity contribution is -0.159. The average molecular weight is 466 g/mol. The number of nitriles is 1. The Morgan fingerprint density at radius 1 is 1.21 bits per heavy atom. The van der Waals surface area contributed by atoms with Crippen molar-refractivity contribution >= 4 is 17.3 Å². The highest BCUT2D eigenvalue weighted by molar-refractivity contribution is 6.01. The summed E-state index contributed by atoms with van der Waals surface area (Å²) in [5, 5.41) is 12.2. The number of hydrogen-bond acceptors (Lipinski definition) is 4. The predicted octanol–water partition coefficient (Wildman–Crippen LogP) is 5.58. The molecule has 2 aliphatic heterocycles. The Bertz CT molecular complexity index is 1190. The van der Waals surface area contributed by atoms with Crippen LogP contribution >= 0.6 is 0 Å². The molecule has 5 rings (SSSR count). The van der Waals surface area contributed by atoms with Crippen molar-refractivity contribution in [1.29, 1.82) is 5.26 Å². The maximum Gasteiger partial charge on any atom is 0.402 e. The molecule has 2 aromatic rings. The van der Waals surface area contributed by atoms with Crippen LogP contribution in [-0.4, -0.2) is 24.6 Å². The monoisotopic (exact) mass is 465 g/mol. The number of amides is 1. The van der Waals surface area contributed by atoms with Gasteiger partial charge >= 0.3 is 6.11 Å². The van der Waals surface area contributed by atoms with Crippen LogP contribution in [0.2, 0.25) is 0 Å². The number of benzene rings is 2. The summed E-state index contributed by atoms with van der Waals surface area (Å²) in [4.78, 5) is 15.6. The fourth-order valence-electron chi connectivity index (χ4n) is 5.37. The second-order valence-corrected chi connectivity index (χ2v) is 10.8. The first kappa shape index (κ1) is 22.6. The van der Waals surface area contributed by atoms with Gasteiger partial charge in [0.2, 0.25) is 5.91 Å². The van der Waals surface area contributed by atoms with E-state index in [1.54, 1.807) is 18.2 Å². The maximum atomic E-state index is 13.6. The van der Waals surface area contributed by atoms with Crippen molar-refractivity contribution in [2.75, 3.05) is 16.8 Å². The highest BCUT2D eigenvalue weighted by atomic mass is 19.3. The minimum atomic E-state index is -3.18. The molecule has 1 saturated carbocycles. The molecule has 5 nitrogen and oxygen atoms in total. The molecule has 0 bridgehead atoms. The van der Waals surface area contributed by atoms with Crippen LogP contribution in [0.4, 0.5) is 20.2 Å². The molecule has 178 valence electrons. The highest BCUT2D eigenvalue weighted by Gasteiger charge is 2.52. The Hall–Kier alpha value is -3.14. The Labute approximate surface area is 198 Å². The summed E-state index contributed by atoms with van der Waals surface area (Å²) in [5.74, 6) is 0.0858. The molecule has 1 atom stereocenters. The zero-order valence-corrected chi connectivity index (χ0v) is 19.8. The van der Waals surface area contributed by atoms with Crippen LogP contribution in [0.1, 0.15) is 56.7 Å². The largest absolute Gasteiger partial charge is 0.432 e. The molecule has 2 aromatic carbocycles. The molecular weight excluding hydrogens is 436 g/mol. The number of halogens is 2. The van der Waals surface area contributed by atoms with Gasteiger partial charge in [0.05, 0.1) is 24.3 Å². The quantitative estimate of drug-likeness (QED) is 0.627. The Morgan fingerprint density at radius 3 is 2.65 bits per heavy atom. The van der Waals surface area contributed by atoms with Crippen LogP contribution in [-0.2, 0) is 23.1 Å². The van der Waals surface area contributed by atoms with E-state index in [2.05, 4.69) is 37.1 Å². The first-order valence-corrected chi connectivity index (χ1v) is 11.8. The van der Waals surface area contributed by atoms with E-state index in [0.717, 1.165) is 28.9 Å². The van der Waals surface area contributed by atoms with Crippen LogP contribution in [0.5, 0.6) is 5.75 Å². The van der Waals surface area contributed by atoms with Crippen molar-refractivity contribution in [3.8, 4) is 11.8 Å². The van der Waals surface area contributed by atoms with Gasteiger partial charge in [0.1, 0.15) is 5.75 Å². The fraction of sp³-hybridized carbons (Fsp3) is 0.481. The smallest absolute Gasteiger partial charge is 0.402 e.